The molecule has 0 unspecified atom stereocenters. The normalized spacial score (nSPS) is 11.3. The summed E-state index contributed by atoms with van der Waals surface area (Å²) in [5.41, 5.74) is 4.44. The zero-order chi connectivity index (χ0) is 22.5. The Bertz CT molecular complexity index is 1330. The molecule has 0 saturated carbocycles. The first-order valence-electron chi connectivity index (χ1n) is 10.8. The summed E-state index contributed by atoms with van der Waals surface area (Å²) in [6, 6.07) is 25.0. The maximum absolute atomic E-state index is 13.3. The second-order valence-electron chi connectivity index (χ2n) is 7.66. The van der Waals surface area contributed by atoms with Gasteiger partial charge < -0.3 is 9.88 Å². The van der Waals surface area contributed by atoms with Crippen LogP contribution in [0.2, 0.25) is 0 Å². The highest BCUT2D eigenvalue weighted by atomic mass is 32.2. The molecule has 33 heavy (non-hydrogen) atoms. The second-order valence-corrected chi connectivity index (χ2v) is 8.72. The van der Waals surface area contributed by atoms with Gasteiger partial charge in [0.1, 0.15) is 5.82 Å². The van der Waals surface area contributed by atoms with Crippen molar-refractivity contribution in [3.8, 4) is 5.69 Å². The van der Waals surface area contributed by atoms with Gasteiger partial charge in [0.15, 0.2) is 0 Å². The number of halogens is 1. The van der Waals surface area contributed by atoms with Crippen LogP contribution < -0.4 is 5.32 Å². The van der Waals surface area contributed by atoms with E-state index in [1.165, 1.54) is 28.6 Å². The number of benzene rings is 3. The smallest absolute Gasteiger partial charge is 0.214 e. The lowest BCUT2D eigenvalue weighted by Gasteiger charge is -2.06. The topological polar surface area (TPSA) is 60.6 Å². The predicted molar refractivity (Wildman–Crippen MR) is 129 cm³/mol. The number of nitrogens with one attached hydrogen (secondary N) is 1. The summed E-state index contributed by atoms with van der Waals surface area (Å²) in [4.78, 5) is 0. The average Bonchev–Trinajstić information content (AvgIpc) is 3.46. The van der Waals surface area contributed by atoms with Gasteiger partial charge in [0.25, 0.3) is 0 Å². The van der Waals surface area contributed by atoms with Crippen LogP contribution >= 0.6 is 11.8 Å². The molecule has 6 nitrogen and oxygen atoms in total. The summed E-state index contributed by atoms with van der Waals surface area (Å²) >= 11 is 1.62. The molecule has 8 heteroatoms. The van der Waals surface area contributed by atoms with Crippen LogP contribution in [0.15, 0.2) is 90.2 Å². The molecule has 0 aliphatic rings. The van der Waals surface area contributed by atoms with Crippen LogP contribution in [0.25, 0.3) is 16.6 Å². The molecule has 0 spiro atoms. The molecule has 0 saturated heterocycles. The monoisotopic (exact) mass is 458 g/mol. The molecule has 3 aromatic carbocycles. The van der Waals surface area contributed by atoms with E-state index in [-0.39, 0.29) is 5.82 Å². The Morgan fingerprint density at radius 3 is 2.55 bits per heavy atom. The van der Waals surface area contributed by atoms with Gasteiger partial charge in [0.2, 0.25) is 5.16 Å². The van der Waals surface area contributed by atoms with Crippen molar-refractivity contribution < 1.29 is 4.39 Å². The Kier molecular flexibility index (Phi) is 6.46. The lowest BCUT2D eigenvalue weighted by molar-refractivity contribution is 0.626. The van der Waals surface area contributed by atoms with Crippen LogP contribution in [-0.4, -0.2) is 37.1 Å². The molecule has 0 bridgehead atoms. The number of para-hydroxylation sites is 2. The fourth-order valence-electron chi connectivity index (χ4n) is 3.82. The first-order valence-corrected chi connectivity index (χ1v) is 11.7. The third-order valence-corrected chi connectivity index (χ3v) is 6.33. The van der Waals surface area contributed by atoms with Crippen LogP contribution in [0.3, 0.4) is 0 Å². The zero-order valence-electron chi connectivity index (χ0n) is 17.9. The minimum atomic E-state index is -0.211. The predicted octanol–water partition coefficient (Wildman–Crippen LogP) is 4.69. The molecule has 5 aromatic rings. The maximum Gasteiger partial charge on any atom is 0.214 e. The van der Waals surface area contributed by atoms with E-state index in [9.17, 15) is 4.39 Å². The third kappa shape index (κ3) is 4.97. The van der Waals surface area contributed by atoms with Crippen LogP contribution in [0, 0.1) is 5.82 Å². The van der Waals surface area contributed by atoms with Gasteiger partial charge in [-0.25, -0.2) is 4.39 Å². The molecular formula is C25H23FN6S. The van der Waals surface area contributed by atoms with E-state index in [0.717, 1.165) is 35.2 Å². The van der Waals surface area contributed by atoms with E-state index in [1.807, 2.05) is 48.5 Å². The number of fused-ring (bicyclic) bond motifs is 1. The number of hydrogen-bond acceptors (Lipinski definition) is 5. The highest BCUT2D eigenvalue weighted by Gasteiger charge is 2.10. The number of tetrazole rings is 1. The lowest BCUT2D eigenvalue weighted by atomic mass is 10.2. The Labute approximate surface area is 195 Å². The molecule has 0 fully saturated rings. The lowest BCUT2D eigenvalue weighted by Crippen LogP contribution is -2.16. The Morgan fingerprint density at radius 2 is 1.70 bits per heavy atom. The third-order valence-electron chi connectivity index (χ3n) is 5.40. The van der Waals surface area contributed by atoms with E-state index in [0.29, 0.717) is 6.54 Å². The Morgan fingerprint density at radius 1 is 0.909 bits per heavy atom. The van der Waals surface area contributed by atoms with Gasteiger partial charge in [0, 0.05) is 42.5 Å². The Hall–Kier alpha value is -3.49. The fraction of sp³-hybridized carbons (Fsp3) is 0.160. The second kappa shape index (κ2) is 9.97. The van der Waals surface area contributed by atoms with Crippen molar-refractivity contribution in [2.45, 2.75) is 18.2 Å². The zero-order valence-corrected chi connectivity index (χ0v) is 18.8. The molecule has 0 aliphatic heterocycles. The number of hydrogen-bond donors (Lipinski definition) is 1. The van der Waals surface area contributed by atoms with Crippen molar-refractivity contribution in [1.82, 2.24) is 30.1 Å². The van der Waals surface area contributed by atoms with Crippen molar-refractivity contribution in [3.05, 3.63) is 102 Å². The van der Waals surface area contributed by atoms with Gasteiger partial charge in [-0.2, -0.15) is 4.68 Å². The van der Waals surface area contributed by atoms with Crippen molar-refractivity contribution in [3.63, 3.8) is 0 Å². The summed E-state index contributed by atoms with van der Waals surface area (Å²) < 4.78 is 17.2. The van der Waals surface area contributed by atoms with Gasteiger partial charge in [-0.15, -0.1) is 5.10 Å². The molecule has 1 N–H and O–H groups in total. The van der Waals surface area contributed by atoms with Crippen LogP contribution in [0.4, 0.5) is 4.39 Å². The average molecular weight is 459 g/mol. The van der Waals surface area contributed by atoms with E-state index in [4.69, 9.17) is 0 Å². The quantitative estimate of drug-likeness (QED) is 0.257. The van der Waals surface area contributed by atoms with E-state index < -0.39 is 0 Å². The molecule has 166 valence electrons. The van der Waals surface area contributed by atoms with Gasteiger partial charge in [0.05, 0.1) is 5.69 Å². The Balaban J connectivity index is 1.20. The molecule has 2 heterocycles. The molecule has 5 rings (SSSR count). The van der Waals surface area contributed by atoms with Gasteiger partial charge >= 0.3 is 0 Å². The molecular weight excluding hydrogens is 435 g/mol. The first kappa shape index (κ1) is 21.4. The minimum absolute atomic E-state index is 0.211. The molecule has 0 atom stereocenters. The van der Waals surface area contributed by atoms with Gasteiger partial charge in [-0.05, 0) is 51.9 Å². The molecule has 0 amide bonds. The first-order chi connectivity index (χ1) is 16.3. The largest absolute Gasteiger partial charge is 0.343 e. The fourth-order valence-corrected chi connectivity index (χ4v) is 4.61. The summed E-state index contributed by atoms with van der Waals surface area (Å²) in [6.07, 6.45) is 2.18. The maximum atomic E-state index is 13.3. The number of rotatable bonds is 9. The van der Waals surface area contributed by atoms with Crippen molar-refractivity contribution in [2.24, 2.45) is 0 Å². The molecule has 0 radical (unpaired) electrons. The number of thioether (sulfide) groups is 1. The van der Waals surface area contributed by atoms with Gasteiger partial charge in [-0.3, -0.25) is 0 Å². The van der Waals surface area contributed by atoms with Crippen LogP contribution in [0.1, 0.15) is 11.1 Å². The SMILES string of the molecule is Fc1ccc(Cn2cc(CNCCSc3nnnn3-c3ccccc3)c3ccccc32)cc1. The summed E-state index contributed by atoms with van der Waals surface area (Å²) in [7, 11) is 0. The van der Waals surface area contributed by atoms with Crippen LogP contribution in [-0.2, 0) is 13.1 Å². The van der Waals surface area contributed by atoms with E-state index in [2.05, 4.69) is 49.8 Å². The standard InChI is InChI=1S/C25H23FN6S/c26-21-12-10-19(11-13-21)17-31-18-20(23-8-4-5-9-24(23)31)16-27-14-15-33-25-28-29-30-32(25)22-6-2-1-3-7-22/h1-13,18,27H,14-17H2. The minimum Gasteiger partial charge on any atom is -0.343 e. The van der Waals surface area contributed by atoms with Crippen molar-refractivity contribution in [2.75, 3.05) is 12.3 Å². The highest BCUT2D eigenvalue weighted by molar-refractivity contribution is 7.99. The van der Waals surface area contributed by atoms with Crippen LogP contribution in [0.5, 0.6) is 0 Å². The van der Waals surface area contributed by atoms with Crippen molar-refractivity contribution in [1.29, 1.82) is 0 Å². The van der Waals surface area contributed by atoms with Gasteiger partial charge in [-0.1, -0.05) is 60.3 Å². The van der Waals surface area contributed by atoms with E-state index >= 15 is 0 Å². The van der Waals surface area contributed by atoms with E-state index in [1.54, 1.807) is 16.4 Å². The highest BCUT2D eigenvalue weighted by Crippen LogP contribution is 2.23. The number of aromatic nitrogens is 5. The van der Waals surface area contributed by atoms with Crippen molar-refractivity contribution >= 4 is 22.7 Å². The number of nitrogens with zero attached hydrogens (tertiary/aromatic N) is 5. The summed E-state index contributed by atoms with van der Waals surface area (Å²) in [5.74, 6) is 0.637. The summed E-state index contributed by atoms with van der Waals surface area (Å²) in [6.45, 7) is 2.30. The summed E-state index contributed by atoms with van der Waals surface area (Å²) in [5, 5.41) is 17.6. The molecule has 2 aromatic heterocycles. The molecule has 0 aliphatic carbocycles.